The summed E-state index contributed by atoms with van der Waals surface area (Å²) in [7, 11) is 1.97. The van der Waals surface area contributed by atoms with Crippen molar-refractivity contribution in [3.05, 3.63) is 31.1 Å². The first-order valence-electron chi connectivity index (χ1n) is 8.36. The lowest BCUT2D eigenvalue weighted by atomic mass is 10.0. The number of carbonyl (C=O) groups excluding carboxylic acids is 1. The van der Waals surface area contributed by atoms with E-state index in [1.54, 1.807) is 0 Å². The van der Waals surface area contributed by atoms with Crippen LogP contribution >= 0.6 is 0 Å². The molecule has 6 nitrogen and oxygen atoms in total. The minimum atomic E-state index is -0.0274. The Kier molecular flexibility index (Phi) is 7.42. The Morgan fingerprint density at radius 1 is 1.46 bits per heavy atom. The van der Waals surface area contributed by atoms with Crippen LogP contribution in [0.2, 0.25) is 0 Å². The molecule has 1 aliphatic rings. The summed E-state index contributed by atoms with van der Waals surface area (Å²) in [6.07, 6.45) is 4.78. The molecule has 2 heterocycles. The van der Waals surface area contributed by atoms with E-state index in [0.717, 1.165) is 36.3 Å². The van der Waals surface area contributed by atoms with E-state index in [-0.39, 0.29) is 11.9 Å². The highest BCUT2D eigenvalue weighted by Gasteiger charge is 2.27. The normalized spacial score (nSPS) is 16.7. The summed E-state index contributed by atoms with van der Waals surface area (Å²) in [5.41, 5.74) is 7.57. The standard InChI is InChI=1S/C16H23N5O.C2H6/c1-5-13(22)21-8-6-7-12(9-21)20(4)16-14(11(2)3)15(17)18-10-19-16;1-2/h5,10,12H,1-2,6-9H2,3-4H3,(H2,17,18,19);1-2H3. The topological polar surface area (TPSA) is 75.4 Å². The number of nitrogens with two attached hydrogens (primary N) is 1. The lowest BCUT2D eigenvalue weighted by Crippen LogP contribution is -2.48. The zero-order valence-electron chi connectivity index (χ0n) is 15.2. The summed E-state index contributed by atoms with van der Waals surface area (Å²) >= 11 is 0. The average Bonchev–Trinajstić information content (AvgIpc) is 2.61. The van der Waals surface area contributed by atoms with Gasteiger partial charge in [-0.3, -0.25) is 4.79 Å². The lowest BCUT2D eigenvalue weighted by Gasteiger charge is -2.38. The number of amides is 1. The van der Waals surface area contributed by atoms with Gasteiger partial charge in [0.15, 0.2) is 0 Å². The van der Waals surface area contributed by atoms with Crippen LogP contribution in [-0.4, -0.2) is 47.0 Å². The molecular weight excluding hydrogens is 302 g/mol. The van der Waals surface area contributed by atoms with E-state index >= 15 is 0 Å². The van der Waals surface area contributed by atoms with Crippen LogP contribution < -0.4 is 10.6 Å². The van der Waals surface area contributed by atoms with E-state index in [0.29, 0.717) is 12.4 Å². The maximum absolute atomic E-state index is 11.8. The fraction of sp³-hybridized carbons (Fsp3) is 0.500. The van der Waals surface area contributed by atoms with Gasteiger partial charge in [0.2, 0.25) is 5.91 Å². The molecule has 132 valence electrons. The van der Waals surface area contributed by atoms with Crippen LogP contribution in [0.1, 0.15) is 39.2 Å². The molecule has 2 N–H and O–H groups in total. The third kappa shape index (κ3) is 4.34. The van der Waals surface area contributed by atoms with Gasteiger partial charge in [-0.1, -0.05) is 27.0 Å². The highest BCUT2D eigenvalue weighted by Crippen LogP contribution is 2.29. The van der Waals surface area contributed by atoms with Crippen molar-refractivity contribution < 1.29 is 4.79 Å². The number of anilines is 2. The maximum atomic E-state index is 11.8. The largest absolute Gasteiger partial charge is 0.383 e. The molecule has 1 saturated heterocycles. The molecule has 1 atom stereocenters. The van der Waals surface area contributed by atoms with Gasteiger partial charge in [-0.25, -0.2) is 9.97 Å². The van der Waals surface area contributed by atoms with Crippen molar-refractivity contribution in [2.24, 2.45) is 0 Å². The van der Waals surface area contributed by atoms with E-state index in [2.05, 4.69) is 28.0 Å². The summed E-state index contributed by atoms with van der Waals surface area (Å²) in [4.78, 5) is 24.1. The lowest BCUT2D eigenvalue weighted by molar-refractivity contribution is -0.127. The van der Waals surface area contributed by atoms with Crippen LogP contribution in [0.25, 0.3) is 5.57 Å². The number of rotatable bonds is 4. The molecule has 1 unspecified atom stereocenters. The van der Waals surface area contributed by atoms with Gasteiger partial charge >= 0.3 is 0 Å². The molecule has 0 spiro atoms. The molecule has 24 heavy (non-hydrogen) atoms. The summed E-state index contributed by atoms with van der Waals surface area (Å²) in [6.45, 7) is 14.8. The fourth-order valence-electron chi connectivity index (χ4n) is 2.84. The quantitative estimate of drug-likeness (QED) is 0.859. The van der Waals surface area contributed by atoms with Crippen LogP contribution in [0.15, 0.2) is 25.6 Å². The van der Waals surface area contributed by atoms with E-state index in [1.165, 1.54) is 12.4 Å². The van der Waals surface area contributed by atoms with Crippen molar-refractivity contribution in [1.82, 2.24) is 14.9 Å². The number of aromatic nitrogens is 2. The Morgan fingerprint density at radius 3 is 2.71 bits per heavy atom. The van der Waals surface area contributed by atoms with Gasteiger partial charge < -0.3 is 15.5 Å². The van der Waals surface area contributed by atoms with Gasteiger partial charge in [0.1, 0.15) is 18.0 Å². The Balaban J connectivity index is 0.00000139. The van der Waals surface area contributed by atoms with Crippen molar-refractivity contribution >= 4 is 23.1 Å². The van der Waals surface area contributed by atoms with Crippen LogP contribution in [-0.2, 0) is 4.79 Å². The van der Waals surface area contributed by atoms with Crippen molar-refractivity contribution in [3.63, 3.8) is 0 Å². The number of nitrogens with zero attached hydrogens (tertiary/aromatic N) is 4. The second kappa shape index (κ2) is 9.05. The monoisotopic (exact) mass is 331 g/mol. The number of hydrogen-bond acceptors (Lipinski definition) is 5. The number of piperidine rings is 1. The molecule has 1 aromatic rings. The molecule has 0 saturated carbocycles. The van der Waals surface area contributed by atoms with Crippen molar-refractivity contribution in [3.8, 4) is 0 Å². The highest BCUT2D eigenvalue weighted by atomic mass is 16.2. The molecular formula is C18H29N5O. The molecule has 1 aliphatic heterocycles. The van der Waals surface area contributed by atoms with Crippen molar-refractivity contribution in [2.75, 3.05) is 30.8 Å². The predicted molar refractivity (Wildman–Crippen MR) is 101 cm³/mol. The second-order valence-corrected chi connectivity index (χ2v) is 5.63. The maximum Gasteiger partial charge on any atom is 0.246 e. The predicted octanol–water partition coefficient (Wildman–Crippen LogP) is 2.73. The Labute approximate surface area is 145 Å². The van der Waals surface area contributed by atoms with E-state index < -0.39 is 0 Å². The van der Waals surface area contributed by atoms with Crippen molar-refractivity contribution in [1.29, 1.82) is 0 Å². The van der Waals surface area contributed by atoms with Crippen LogP contribution in [0.3, 0.4) is 0 Å². The molecule has 1 amide bonds. The van der Waals surface area contributed by atoms with Crippen LogP contribution in [0.4, 0.5) is 11.6 Å². The van der Waals surface area contributed by atoms with E-state index in [9.17, 15) is 4.79 Å². The van der Waals surface area contributed by atoms with Gasteiger partial charge in [0.25, 0.3) is 0 Å². The number of likely N-dealkylation sites (N-methyl/N-ethyl adjacent to an activating group) is 1. The SMILES string of the molecule is C=CC(=O)N1CCCC(N(C)c2ncnc(N)c2C(=C)C)C1.CC. The van der Waals surface area contributed by atoms with E-state index in [1.807, 2.05) is 32.7 Å². The van der Waals surface area contributed by atoms with Gasteiger partial charge in [-0.15, -0.1) is 0 Å². The van der Waals surface area contributed by atoms with E-state index in [4.69, 9.17) is 5.73 Å². The highest BCUT2D eigenvalue weighted by molar-refractivity contribution is 5.87. The molecule has 0 aliphatic carbocycles. The number of hydrogen-bond donors (Lipinski definition) is 1. The van der Waals surface area contributed by atoms with Gasteiger partial charge in [0, 0.05) is 26.2 Å². The summed E-state index contributed by atoms with van der Waals surface area (Å²) in [5, 5.41) is 0. The zero-order chi connectivity index (χ0) is 18.3. The molecule has 2 rings (SSSR count). The molecule has 6 heteroatoms. The summed E-state index contributed by atoms with van der Waals surface area (Å²) in [6, 6.07) is 0.185. The minimum absolute atomic E-state index is 0.0274. The fourth-order valence-corrected chi connectivity index (χ4v) is 2.84. The first kappa shape index (κ1) is 19.7. The third-order valence-electron chi connectivity index (χ3n) is 4.05. The summed E-state index contributed by atoms with van der Waals surface area (Å²) < 4.78 is 0. The van der Waals surface area contributed by atoms with Gasteiger partial charge in [0.05, 0.1) is 5.56 Å². The molecule has 0 aromatic carbocycles. The average molecular weight is 331 g/mol. The first-order chi connectivity index (χ1) is 11.5. The number of allylic oxidation sites excluding steroid dienone is 1. The molecule has 0 radical (unpaired) electrons. The first-order valence-corrected chi connectivity index (χ1v) is 8.36. The number of carbonyl (C=O) groups is 1. The molecule has 1 fully saturated rings. The number of nitrogen functional groups attached to an aromatic ring is 1. The Morgan fingerprint density at radius 2 is 2.12 bits per heavy atom. The molecule has 0 bridgehead atoms. The van der Waals surface area contributed by atoms with Gasteiger partial charge in [-0.05, 0) is 31.4 Å². The minimum Gasteiger partial charge on any atom is -0.383 e. The zero-order valence-corrected chi connectivity index (χ0v) is 15.2. The van der Waals surface area contributed by atoms with Crippen molar-refractivity contribution in [2.45, 2.75) is 39.7 Å². The van der Waals surface area contributed by atoms with Crippen LogP contribution in [0.5, 0.6) is 0 Å². The van der Waals surface area contributed by atoms with Crippen LogP contribution in [0, 0.1) is 0 Å². The molecule has 1 aromatic heterocycles. The summed E-state index contributed by atoms with van der Waals surface area (Å²) in [5.74, 6) is 1.16. The second-order valence-electron chi connectivity index (χ2n) is 5.63. The number of likely N-dealkylation sites (tertiary alicyclic amines) is 1. The van der Waals surface area contributed by atoms with Gasteiger partial charge in [-0.2, -0.15) is 0 Å². The Bertz CT molecular complexity index is 599. The smallest absolute Gasteiger partial charge is 0.246 e. The Hall–Kier alpha value is -2.37. The third-order valence-corrected chi connectivity index (χ3v) is 4.05.